The van der Waals surface area contributed by atoms with Crippen LogP contribution in [0, 0.1) is 29.1 Å². The van der Waals surface area contributed by atoms with E-state index in [9.17, 15) is 22.0 Å². The highest BCUT2D eigenvalue weighted by molar-refractivity contribution is 5.89. The molecule has 0 N–H and O–H groups in total. The third-order valence-electron chi connectivity index (χ3n) is 5.41. The van der Waals surface area contributed by atoms with Crippen LogP contribution < -0.4 is 0 Å². The van der Waals surface area contributed by atoms with E-state index in [0.29, 0.717) is 11.6 Å². The first-order valence-corrected chi connectivity index (χ1v) is 10.0. The fourth-order valence-electron chi connectivity index (χ4n) is 3.72. The van der Waals surface area contributed by atoms with Crippen molar-refractivity contribution in [3.63, 3.8) is 0 Å². The van der Waals surface area contributed by atoms with Gasteiger partial charge in [-0.15, -0.1) is 0 Å². The number of rotatable bonds is 5. The molecule has 0 saturated heterocycles. The van der Waals surface area contributed by atoms with Gasteiger partial charge in [0.2, 0.25) is 0 Å². The number of fused-ring (bicyclic) bond motifs is 1. The van der Waals surface area contributed by atoms with Crippen LogP contribution in [0.3, 0.4) is 0 Å². The topological polar surface area (TPSA) is 0 Å². The quantitative estimate of drug-likeness (QED) is 0.223. The highest BCUT2D eigenvalue weighted by Crippen LogP contribution is 2.33. The normalized spacial score (nSPS) is 11.3. The van der Waals surface area contributed by atoms with Gasteiger partial charge in [0.1, 0.15) is 11.6 Å². The number of aryl methyl sites for hydroxylation is 1. The van der Waals surface area contributed by atoms with Crippen molar-refractivity contribution in [2.45, 2.75) is 26.2 Å². The molecule has 158 valence electrons. The summed E-state index contributed by atoms with van der Waals surface area (Å²) in [5, 5.41) is -0.847. The standard InChI is InChI=1S/C26H19F5/c1-2-3-4-15-5-7-16(8-6-15)17-9-10-20(21(27)12-17)18-11-19-14-23(29)25(30)26(31)24(19)22(28)13-18/h5-14H,2-4H2,1H3. The van der Waals surface area contributed by atoms with Gasteiger partial charge in [-0.05, 0) is 64.7 Å². The van der Waals surface area contributed by atoms with Crippen molar-refractivity contribution in [2.24, 2.45) is 0 Å². The van der Waals surface area contributed by atoms with Gasteiger partial charge in [0, 0.05) is 5.56 Å². The Morgan fingerprint density at radius 3 is 1.97 bits per heavy atom. The van der Waals surface area contributed by atoms with Gasteiger partial charge in [-0.1, -0.05) is 49.7 Å². The maximum absolute atomic E-state index is 14.9. The predicted molar refractivity (Wildman–Crippen MR) is 113 cm³/mol. The molecular formula is C26H19F5. The molecule has 0 saturated carbocycles. The molecule has 0 unspecified atom stereocenters. The van der Waals surface area contributed by atoms with Gasteiger partial charge < -0.3 is 0 Å². The molecule has 4 rings (SSSR count). The van der Waals surface area contributed by atoms with E-state index in [0.717, 1.165) is 30.9 Å². The summed E-state index contributed by atoms with van der Waals surface area (Å²) in [6, 6.07) is 15.3. The molecule has 5 heteroatoms. The minimum atomic E-state index is -1.74. The van der Waals surface area contributed by atoms with E-state index in [1.807, 2.05) is 24.3 Å². The molecule has 0 amide bonds. The minimum absolute atomic E-state index is 0.0780. The van der Waals surface area contributed by atoms with Gasteiger partial charge in [0.05, 0.1) is 5.39 Å². The summed E-state index contributed by atoms with van der Waals surface area (Å²) in [7, 11) is 0. The SMILES string of the molecule is CCCCc1ccc(-c2ccc(-c3cc(F)c4c(F)c(F)c(F)cc4c3)c(F)c2)cc1. The zero-order chi connectivity index (χ0) is 22.1. The summed E-state index contributed by atoms with van der Waals surface area (Å²) in [5.74, 6) is -6.46. The molecule has 0 aromatic heterocycles. The fourth-order valence-corrected chi connectivity index (χ4v) is 3.72. The van der Waals surface area contributed by atoms with Crippen LogP contribution in [0.2, 0.25) is 0 Å². The van der Waals surface area contributed by atoms with Crippen LogP contribution >= 0.6 is 0 Å². The Morgan fingerprint density at radius 1 is 0.613 bits per heavy atom. The second-order valence-electron chi connectivity index (χ2n) is 7.54. The largest absolute Gasteiger partial charge is 0.206 e. The number of unbranched alkanes of at least 4 members (excludes halogenated alkanes) is 1. The molecule has 0 atom stereocenters. The van der Waals surface area contributed by atoms with E-state index in [1.165, 1.54) is 23.8 Å². The molecule has 4 aromatic carbocycles. The first-order chi connectivity index (χ1) is 14.9. The molecular weight excluding hydrogens is 407 g/mol. The van der Waals surface area contributed by atoms with E-state index in [-0.39, 0.29) is 16.5 Å². The summed E-state index contributed by atoms with van der Waals surface area (Å²) in [6.07, 6.45) is 3.20. The van der Waals surface area contributed by atoms with E-state index in [4.69, 9.17) is 0 Å². The smallest absolute Gasteiger partial charge is 0.195 e. The lowest BCUT2D eigenvalue weighted by molar-refractivity contribution is 0.451. The van der Waals surface area contributed by atoms with Crippen LogP contribution in [0.25, 0.3) is 33.0 Å². The molecule has 0 radical (unpaired) electrons. The summed E-state index contributed by atoms with van der Waals surface area (Å²) in [6.45, 7) is 2.13. The van der Waals surface area contributed by atoms with Crippen molar-refractivity contribution < 1.29 is 22.0 Å². The van der Waals surface area contributed by atoms with Crippen molar-refractivity contribution in [3.8, 4) is 22.3 Å². The molecule has 0 aliphatic rings. The Balaban J connectivity index is 1.71. The molecule has 0 aliphatic heterocycles. The van der Waals surface area contributed by atoms with Crippen molar-refractivity contribution in [1.29, 1.82) is 0 Å². The second kappa shape index (κ2) is 8.50. The van der Waals surface area contributed by atoms with E-state index in [2.05, 4.69) is 6.92 Å². The van der Waals surface area contributed by atoms with Crippen molar-refractivity contribution >= 4 is 10.8 Å². The molecule has 0 aliphatic carbocycles. The van der Waals surface area contributed by atoms with Crippen LogP contribution in [0.15, 0.2) is 60.7 Å². The zero-order valence-corrected chi connectivity index (χ0v) is 16.8. The Labute approximate surface area is 177 Å². The maximum Gasteiger partial charge on any atom is 0.195 e. The lowest BCUT2D eigenvalue weighted by Crippen LogP contribution is -1.96. The van der Waals surface area contributed by atoms with Crippen LogP contribution in [0.5, 0.6) is 0 Å². The Kier molecular flexibility index (Phi) is 5.77. The Bertz CT molecular complexity index is 1260. The van der Waals surface area contributed by atoms with Crippen LogP contribution in [-0.2, 0) is 6.42 Å². The highest BCUT2D eigenvalue weighted by Gasteiger charge is 2.19. The first kappa shape index (κ1) is 21.0. The summed E-state index contributed by atoms with van der Waals surface area (Å²) in [4.78, 5) is 0. The predicted octanol–water partition coefficient (Wildman–Crippen LogP) is 8.21. The second-order valence-corrected chi connectivity index (χ2v) is 7.54. The fraction of sp³-hybridized carbons (Fsp3) is 0.154. The van der Waals surface area contributed by atoms with Crippen molar-refractivity contribution in [2.75, 3.05) is 0 Å². The molecule has 0 nitrogen and oxygen atoms in total. The molecule has 0 spiro atoms. The Morgan fingerprint density at radius 2 is 1.29 bits per heavy atom. The monoisotopic (exact) mass is 426 g/mol. The third kappa shape index (κ3) is 4.05. The van der Waals surface area contributed by atoms with E-state index in [1.54, 1.807) is 6.07 Å². The number of halogens is 5. The van der Waals surface area contributed by atoms with Gasteiger partial charge in [0.15, 0.2) is 17.5 Å². The molecule has 0 bridgehead atoms. The first-order valence-electron chi connectivity index (χ1n) is 10.0. The van der Waals surface area contributed by atoms with E-state index >= 15 is 0 Å². The van der Waals surface area contributed by atoms with Gasteiger partial charge in [0.25, 0.3) is 0 Å². The highest BCUT2D eigenvalue weighted by atomic mass is 19.2. The van der Waals surface area contributed by atoms with Crippen LogP contribution in [0.4, 0.5) is 22.0 Å². The molecule has 31 heavy (non-hydrogen) atoms. The van der Waals surface area contributed by atoms with E-state index < -0.39 is 34.5 Å². The number of hydrogen-bond acceptors (Lipinski definition) is 0. The van der Waals surface area contributed by atoms with Gasteiger partial charge >= 0.3 is 0 Å². The molecule has 4 aromatic rings. The summed E-state index contributed by atoms with van der Waals surface area (Å²) >= 11 is 0. The Hall–Kier alpha value is -3.21. The van der Waals surface area contributed by atoms with Gasteiger partial charge in [-0.3, -0.25) is 0 Å². The average molecular weight is 426 g/mol. The lowest BCUT2D eigenvalue weighted by atomic mass is 9.96. The number of benzene rings is 4. The average Bonchev–Trinajstić information content (AvgIpc) is 2.76. The van der Waals surface area contributed by atoms with Crippen LogP contribution in [-0.4, -0.2) is 0 Å². The van der Waals surface area contributed by atoms with Crippen LogP contribution in [0.1, 0.15) is 25.3 Å². The maximum atomic E-state index is 14.9. The number of hydrogen-bond donors (Lipinski definition) is 0. The van der Waals surface area contributed by atoms with Crippen molar-refractivity contribution in [1.82, 2.24) is 0 Å². The minimum Gasteiger partial charge on any atom is -0.206 e. The molecule has 0 fully saturated rings. The summed E-state index contributed by atoms with van der Waals surface area (Å²) < 4.78 is 70.3. The lowest BCUT2D eigenvalue weighted by Gasteiger charge is -2.10. The van der Waals surface area contributed by atoms with Gasteiger partial charge in [-0.2, -0.15) is 0 Å². The summed E-state index contributed by atoms with van der Waals surface area (Å²) in [5.41, 5.74) is 2.90. The third-order valence-corrected chi connectivity index (χ3v) is 5.41. The molecule has 0 heterocycles. The van der Waals surface area contributed by atoms with Gasteiger partial charge in [-0.25, -0.2) is 22.0 Å². The zero-order valence-electron chi connectivity index (χ0n) is 16.8. The van der Waals surface area contributed by atoms with Crippen molar-refractivity contribution in [3.05, 3.63) is 95.3 Å².